The van der Waals surface area contributed by atoms with Crippen molar-refractivity contribution in [1.82, 2.24) is 4.31 Å². The van der Waals surface area contributed by atoms with Gasteiger partial charge in [0.15, 0.2) is 17.5 Å². The standard InChI is InChI=1S/C13H15F3N2O2S/c14-10-3-4-11(13(16)12(10)15)21(19,20)18-8-1-2-9(18)6-7(17)5-8/h3-4,7-9H,1-2,5-6,17H2. The minimum absolute atomic E-state index is 0.0799. The van der Waals surface area contributed by atoms with Gasteiger partial charge in [0.05, 0.1) is 0 Å². The van der Waals surface area contributed by atoms with Gasteiger partial charge in [-0.05, 0) is 37.8 Å². The first-order valence-electron chi connectivity index (χ1n) is 6.75. The number of fused-ring (bicyclic) bond motifs is 2. The molecule has 4 nitrogen and oxygen atoms in total. The number of rotatable bonds is 2. The lowest BCUT2D eigenvalue weighted by molar-refractivity contribution is 0.226. The van der Waals surface area contributed by atoms with E-state index in [1.807, 2.05) is 0 Å². The maximum Gasteiger partial charge on any atom is 0.246 e. The van der Waals surface area contributed by atoms with Gasteiger partial charge >= 0.3 is 0 Å². The molecular weight excluding hydrogens is 305 g/mol. The second-order valence-corrected chi connectivity index (χ2v) is 7.44. The van der Waals surface area contributed by atoms with Gasteiger partial charge in [0.1, 0.15) is 4.90 Å². The Morgan fingerprint density at radius 2 is 1.62 bits per heavy atom. The van der Waals surface area contributed by atoms with Gasteiger partial charge in [-0.2, -0.15) is 4.31 Å². The zero-order valence-electron chi connectivity index (χ0n) is 11.1. The van der Waals surface area contributed by atoms with Crippen LogP contribution in [0.3, 0.4) is 0 Å². The summed E-state index contributed by atoms with van der Waals surface area (Å²) in [4.78, 5) is -0.811. The second-order valence-electron chi connectivity index (χ2n) is 5.62. The molecule has 2 atom stereocenters. The number of sulfonamides is 1. The van der Waals surface area contributed by atoms with Crippen molar-refractivity contribution >= 4 is 10.0 Å². The Kier molecular flexibility index (Phi) is 3.50. The maximum atomic E-state index is 13.8. The molecule has 2 heterocycles. The highest BCUT2D eigenvalue weighted by atomic mass is 32.2. The average Bonchev–Trinajstić information content (AvgIpc) is 2.69. The van der Waals surface area contributed by atoms with Crippen LogP contribution in [0.5, 0.6) is 0 Å². The van der Waals surface area contributed by atoms with Crippen molar-refractivity contribution in [3.05, 3.63) is 29.6 Å². The summed E-state index contributed by atoms with van der Waals surface area (Å²) in [5, 5.41) is 0. The third-order valence-corrected chi connectivity index (χ3v) is 6.28. The molecule has 21 heavy (non-hydrogen) atoms. The number of nitrogens with zero attached hydrogens (tertiary/aromatic N) is 1. The molecule has 2 unspecified atom stereocenters. The average molecular weight is 320 g/mol. The van der Waals surface area contributed by atoms with E-state index < -0.39 is 32.4 Å². The molecule has 0 aromatic heterocycles. The first kappa shape index (κ1) is 14.8. The predicted molar refractivity (Wildman–Crippen MR) is 69.4 cm³/mol. The van der Waals surface area contributed by atoms with Gasteiger partial charge in [0.25, 0.3) is 0 Å². The second kappa shape index (κ2) is 4.96. The van der Waals surface area contributed by atoms with Gasteiger partial charge in [0, 0.05) is 18.1 Å². The Labute approximate surface area is 120 Å². The molecular formula is C13H15F3N2O2S. The Balaban J connectivity index is 2.04. The molecule has 2 fully saturated rings. The number of benzene rings is 1. The van der Waals surface area contributed by atoms with Crippen molar-refractivity contribution in [2.75, 3.05) is 0 Å². The number of piperidine rings is 1. The third kappa shape index (κ3) is 2.25. The van der Waals surface area contributed by atoms with Gasteiger partial charge in [-0.3, -0.25) is 0 Å². The summed E-state index contributed by atoms with van der Waals surface area (Å²) in [6.45, 7) is 0. The maximum absolute atomic E-state index is 13.8. The third-order valence-electron chi connectivity index (χ3n) is 4.26. The summed E-state index contributed by atoms with van der Waals surface area (Å²) in [6.07, 6.45) is 2.31. The van der Waals surface area contributed by atoms with Crippen molar-refractivity contribution in [2.45, 2.75) is 48.7 Å². The molecule has 2 aliphatic heterocycles. The van der Waals surface area contributed by atoms with E-state index >= 15 is 0 Å². The van der Waals surface area contributed by atoms with Crippen molar-refractivity contribution in [2.24, 2.45) is 5.73 Å². The highest BCUT2D eigenvalue weighted by Gasteiger charge is 2.47. The normalized spacial score (nSPS) is 29.8. The molecule has 0 spiro atoms. The van der Waals surface area contributed by atoms with Crippen LogP contribution < -0.4 is 5.73 Å². The van der Waals surface area contributed by atoms with Gasteiger partial charge < -0.3 is 5.73 Å². The lowest BCUT2D eigenvalue weighted by Crippen LogP contribution is -2.50. The van der Waals surface area contributed by atoms with E-state index in [0.717, 1.165) is 6.07 Å². The van der Waals surface area contributed by atoms with Gasteiger partial charge in [0.2, 0.25) is 10.0 Å². The minimum Gasteiger partial charge on any atom is -0.328 e. The van der Waals surface area contributed by atoms with Crippen LogP contribution in [0.15, 0.2) is 17.0 Å². The number of hydrogen-bond donors (Lipinski definition) is 1. The van der Waals surface area contributed by atoms with Crippen LogP contribution in [0.1, 0.15) is 25.7 Å². The molecule has 2 bridgehead atoms. The van der Waals surface area contributed by atoms with Crippen LogP contribution in [-0.4, -0.2) is 30.8 Å². The molecule has 1 aromatic rings. The molecule has 3 rings (SSSR count). The largest absolute Gasteiger partial charge is 0.328 e. The Morgan fingerprint density at radius 3 is 2.19 bits per heavy atom. The zero-order valence-corrected chi connectivity index (χ0v) is 11.9. The lowest BCUT2D eigenvalue weighted by Gasteiger charge is -2.36. The van der Waals surface area contributed by atoms with Gasteiger partial charge in [-0.25, -0.2) is 21.6 Å². The molecule has 2 N–H and O–H groups in total. The van der Waals surface area contributed by atoms with Crippen LogP contribution in [0.4, 0.5) is 13.2 Å². The molecule has 2 saturated heterocycles. The van der Waals surface area contributed by atoms with Crippen molar-refractivity contribution in [1.29, 1.82) is 0 Å². The van der Waals surface area contributed by atoms with Crippen molar-refractivity contribution in [3.63, 3.8) is 0 Å². The highest BCUT2D eigenvalue weighted by molar-refractivity contribution is 7.89. The Morgan fingerprint density at radius 1 is 1.05 bits per heavy atom. The van der Waals surface area contributed by atoms with Crippen molar-refractivity contribution < 1.29 is 21.6 Å². The molecule has 1 aromatic carbocycles. The van der Waals surface area contributed by atoms with E-state index in [9.17, 15) is 21.6 Å². The monoisotopic (exact) mass is 320 g/mol. The first-order chi connectivity index (χ1) is 9.82. The van der Waals surface area contributed by atoms with E-state index in [1.54, 1.807) is 0 Å². The Hall–Kier alpha value is -1.12. The first-order valence-corrected chi connectivity index (χ1v) is 8.19. The SMILES string of the molecule is NC1CC2CCC(C1)N2S(=O)(=O)c1ccc(F)c(F)c1F. The van der Waals surface area contributed by atoms with Crippen LogP contribution in [-0.2, 0) is 10.0 Å². The predicted octanol–water partition coefficient (Wildman–Crippen LogP) is 1.75. The van der Waals surface area contributed by atoms with E-state index in [2.05, 4.69) is 0 Å². The fraction of sp³-hybridized carbons (Fsp3) is 0.538. The highest BCUT2D eigenvalue weighted by Crippen LogP contribution is 2.39. The van der Waals surface area contributed by atoms with Crippen molar-refractivity contribution in [3.8, 4) is 0 Å². The van der Waals surface area contributed by atoms with Crippen LogP contribution >= 0.6 is 0 Å². The van der Waals surface area contributed by atoms with E-state index in [-0.39, 0.29) is 18.1 Å². The molecule has 116 valence electrons. The number of hydrogen-bond acceptors (Lipinski definition) is 3. The van der Waals surface area contributed by atoms with Crippen LogP contribution in [0.2, 0.25) is 0 Å². The zero-order chi connectivity index (χ0) is 15.4. The van der Waals surface area contributed by atoms with E-state index in [0.29, 0.717) is 31.7 Å². The fourth-order valence-corrected chi connectivity index (χ4v) is 5.34. The molecule has 8 heteroatoms. The summed E-state index contributed by atoms with van der Waals surface area (Å²) in [6, 6.07) is 0.733. The summed E-state index contributed by atoms with van der Waals surface area (Å²) in [5.41, 5.74) is 5.87. The van der Waals surface area contributed by atoms with Crippen LogP contribution in [0, 0.1) is 17.5 Å². The van der Waals surface area contributed by atoms with Gasteiger partial charge in [-0.1, -0.05) is 0 Å². The molecule has 0 radical (unpaired) electrons. The fourth-order valence-electron chi connectivity index (χ4n) is 3.39. The quantitative estimate of drug-likeness (QED) is 0.845. The lowest BCUT2D eigenvalue weighted by atomic mass is 10.0. The van der Waals surface area contributed by atoms with Crippen LogP contribution in [0.25, 0.3) is 0 Å². The van der Waals surface area contributed by atoms with Gasteiger partial charge in [-0.15, -0.1) is 0 Å². The molecule has 0 aliphatic carbocycles. The smallest absolute Gasteiger partial charge is 0.246 e. The minimum atomic E-state index is -4.20. The summed E-state index contributed by atoms with van der Waals surface area (Å²) in [7, 11) is -4.20. The number of halogens is 3. The summed E-state index contributed by atoms with van der Waals surface area (Å²) in [5.74, 6) is -4.84. The molecule has 0 amide bonds. The van der Waals surface area contributed by atoms with E-state index in [1.165, 1.54) is 4.31 Å². The topological polar surface area (TPSA) is 63.4 Å². The van der Waals surface area contributed by atoms with E-state index in [4.69, 9.17) is 5.73 Å². The molecule has 0 saturated carbocycles. The number of nitrogens with two attached hydrogens (primary N) is 1. The summed E-state index contributed by atoms with van der Waals surface area (Å²) < 4.78 is 66.5. The Bertz CT molecular complexity index is 666. The summed E-state index contributed by atoms with van der Waals surface area (Å²) >= 11 is 0. The molecule has 2 aliphatic rings.